The zero-order valence-electron chi connectivity index (χ0n) is 9.67. The Bertz CT molecular complexity index is 359. The number of nitrogens with zero attached hydrogens (tertiary/aromatic N) is 1. The van der Waals surface area contributed by atoms with Crippen LogP contribution in [0.5, 0.6) is 0 Å². The molecule has 0 radical (unpaired) electrons. The molecule has 0 atom stereocenters. The van der Waals surface area contributed by atoms with Gasteiger partial charge in [-0.2, -0.15) is 5.26 Å². The summed E-state index contributed by atoms with van der Waals surface area (Å²) in [5.41, 5.74) is 1.85. The Balaban J connectivity index is 2.85. The molecule has 0 aliphatic carbocycles. The van der Waals surface area contributed by atoms with Crippen LogP contribution in [0.25, 0.3) is 0 Å². The standard InChI is InChI=1S/C13H18N2/c1-4-13(3,5-2)15-12-8-6-7-11(9-12)10-14/h6-9,15H,4-5H2,1-3H3. The molecule has 0 heterocycles. The van der Waals surface area contributed by atoms with Gasteiger partial charge in [0.05, 0.1) is 11.6 Å². The molecule has 1 aromatic rings. The van der Waals surface area contributed by atoms with E-state index < -0.39 is 0 Å². The van der Waals surface area contributed by atoms with Gasteiger partial charge in [0, 0.05) is 11.2 Å². The summed E-state index contributed by atoms with van der Waals surface area (Å²) in [7, 11) is 0. The zero-order valence-corrected chi connectivity index (χ0v) is 9.67. The summed E-state index contributed by atoms with van der Waals surface area (Å²) >= 11 is 0. The summed E-state index contributed by atoms with van der Waals surface area (Å²) in [4.78, 5) is 0. The van der Waals surface area contributed by atoms with E-state index >= 15 is 0 Å². The second kappa shape index (κ2) is 4.84. The van der Waals surface area contributed by atoms with E-state index in [0.29, 0.717) is 5.56 Å². The van der Waals surface area contributed by atoms with E-state index in [0.717, 1.165) is 18.5 Å². The van der Waals surface area contributed by atoms with E-state index in [1.165, 1.54) is 0 Å². The minimum atomic E-state index is 0.119. The molecule has 0 bridgehead atoms. The topological polar surface area (TPSA) is 35.8 Å². The van der Waals surface area contributed by atoms with Crippen LogP contribution in [0.15, 0.2) is 24.3 Å². The number of hydrogen-bond acceptors (Lipinski definition) is 2. The van der Waals surface area contributed by atoms with Crippen molar-refractivity contribution in [2.75, 3.05) is 5.32 Å². The first-order valence-corrected chi connectivity index (χ1v) is 5.42. The molecule has 0 amide bonds. The van der Waals surface area contributed by atoms with Crippen molar-refractivity contribution >= 4 is 5.69 Å². The summed E-state index contributed by atoms with van der Waals surface area (Å²) in [6.07, 6.45) is 2.14. The molecule has 0 unspecified atom stereocenters. The SMILES string of the molecule is CCC(C)(CC)Nc1cccc(C#N)c1. The third-order valence-corrected chi connectivity index (χ3v) is 3.00. The van der Waals surface area contributed by atoms with Gasteiger partial charge in [-0.3, -0.25) is 0 Å². The summed E-state index contributed by atoms with van der Waals surface area (Å²) in [5, 5.41) is 12.3. The van der Waals surface area contributed by atoms with Crippen molar-refractivity contribution in [2.45, 2.75) is 39.2 Å². The first kappa shape index (κ1) is 11.6. The third kappa shape index (κ3) is 2.99. The molecule has 0 saturated carbocycles. The van der Waals surface area contributed by atoms with Gasteiger partial charge in [-0.15, -0.1) is 0 Å². The van der Waals surface area contributed by atoms with Gasteiger partial charge in [-0.25, -0.2) is 0 Å². The number of rotatable bonds is 4. The highest BCUT2D eigenvalue weighted by molar-refractivity contribution is 5.50. The van der Waals surface area contributed by atoms with Crippen LogP contribution in [0, 0.1) is 11.3 Å². The fourth-order valence-electron chi connectivity index (χ4n) is 1.44. The molecule has 1 N–H and O–H groups in total. The summed E-state index contributed by atoms with van der Waals surface area (Å²) in [6.45, 7) is 6.54. The molecule has 80 valence electrons. The smallest absolute Gasteiger partial charge is 0.0992 e. The molecule has 2 nitrogen and oxygen atoms in total. The monoisotopic (exact) mass is 202 g/mol. The van der Waals surface area contributed by atoms with Crippen LogP contribution in [0.2, 0.25) is 0 Å². The Morgan fingerprint density at radius 1 is 1.33 bits per heavy atom. The van der Waals surface area contributed by atoms with Gasteiger partial charge in [0.1, 0.15) is 0 Å². The van der Waals surface area contributed by atoms with Crippen LogP contribution in [-0.2, 0) is 0 Å². The lowest BCUT2D eigenvalue weighted by atomic mass is 9.95. The second-order valence-electron chi connectivity index (χ2n) is 4.09. The molecule has 1 rings (SSSR count). The van der Waals surface area contributed by atoms with Gasteiger partial charge in [0.25, 0.3) is 0 Å². The van der Waals surface area contributed by atoms with Crippen molar-refractivity contribution in [2.24, 2.45) is 0 Å². The molecule has 0 aromatic heterocycles. The minimum Gasteiger partial charge on any atom is -0.380 e. The quantitative estimate of drug-likeness (QED) is 0.810. The number of nitriles is 1. The highest BCUT2D eigenvalue weighted by Gasteiger charge is 2.18. The maximum absolute atomic E-state index is 8.80. The van der Waals surface area contributed by atoms with Crippen molar-refractivity contribution in [1.29, 1.82) is 5.26 Å². The number of benzene rings is 1. The largest absolute Gasteiger partial charge is 0.380 e. The van der Waals surface area contributed by atoms with Crippen LogP contribution in [0.4, 0.5) is 5.69 Å². The highest BCUT2D eigenvalue weighted by atomic mass is 15.0. The minimum absolute atomic E-state index is 0.119. The van der Waals surface area contributed by atoms with Crippen molar-refractivity contribution < 1.29 is 0 Å². The fraction of sp³-hybridized carbons (Fsp3) is 0.462. The number of hydrogen-bond donors (Lipinski definition) is 1. The lowest BCUT2D eigenvalue weighted by Gasteiger charge is -2.29. The van der Waals surface area contributed by atoms with Crippen LogP contribution in [-0.4, -0.2) is 5.54 Å². The second-order valence-corrected chi connectivity index (χ2v) is 4.09. The molecule has 0 fully saturated rings. The molecule has 0 aliphatic rings. The third-order valence-electron chi connectivity index (χ3n) is 3.00. The average Bonchev–Trinajstić information content (AvgIpc) is 2.29. The van der Waals surface area contributed by atoms with E-state index in [1.54, 1.807) is 0 Å². The number of anilines is 1. The lowest BCUT2D eigenvalue weighted by Crippen LogP contribution is -2.32. The van der Waals surface area contributed by atoms with Crippen molar-refractivity contribution in [3.05, 3.63) is 29.8 Å². The van der Waals surface area contributed by atoms with Crippen LogP contribution < -0.4 is 5.32 Å². The molecule has 0 aliphatic heterocycles. The van der Waals surface area contributed by atoms with Crippen LogP contribution >= 0.6 is 0 Å². The summed E-state index contributed by atoms with van der Waals surface area (Å²) < 4.78 is 0. The van der Waals surface area contributed by atoms with E-state index in [9.17, 15) is 0 Å². The van der Waals surface area contributed by atoms with E-state index in [-0.39, 0.29) is 5.54 Å². The molecule has 15 heavy (non-hydrogen) atoms. The fourth-order valence-corrected chi connectivity index (χ4v) is 1.44. The first-order chi connectivity index (χ1) is 7.13. The predicted molar refractivity (Wildman–Crippen MR) is 63.8 cm³/mol. The van der Waals surface area contributed by atoms with Crippen LogP contribution in [0.3, 0.4) is 0 Å². The molecular weight excluding hydrogens is 184 g/mol. The van der Waals surface area contributed by atoms with Gasteiger partial charge < -0.3 is 5.32 Å². The maximum atomic E-state index is 8.80. The van der Waals surface area contributed by atoms with Gasteiger partial charge in [0.15, 0.2) is 0 Å². The van der Waals surface area contributed by atoms with Crippen molar-refractivity contribution in [3.8, 4) is 6.07 Å². The van der Waals surface area contributed by atoms with E-state index in [4.69, 9.17) is 5.26 Å². The lowest BCUT2D eigenvalue weighted by molar-refractivity contribution is 0.478. The molecule has 0 spiro atoms. The van der Waals surface area contributed by atoms with Gasteiger partial charge in [-0.05, 0) is 38.0 Å². The highest BCUT2D eigenvalue weighted by Crippen LogP contribution is 2.21. The van der Waals surface area contributed by atoms with Gasteiger partial charge in [0.2, 0.25) is 0 Å². The normalized spacial score (nSPS) is 10.8. The van der Waals surface area contributed by atoms with E-state index in [2.05, 4.69) is 32.2 Å². The Hall–Kier alpha value is -1.49. The number of nitrogens with one attached hydrogen (secondary N) is 1. The molecule has 1 aromatic carbocycles. The Morgan fingerprint density at radius 3 is 2.53 bits per heavy atom. The molecule has 0 saturated heterocycles. The zero-order chi connectivity index (χ0) is 11.3. The summed E-state index contributed by atoms with van der Waals surface area (Å²) in [6, 6.07) is 9.78. The average molecular weight is 202 g/mol. The predicted octanol–water partition coefficient (Wildman–Crippen LogP) is 3.55. The Morgan fingerprint density at radius 2 is 2.00 bits per heavy atom. The van der Waals surface area contributed by atoms with Crippen LogP contribution in [0.1, 0.15) is 39.2 Å². The Kier molecular flexibility index (Phi) is 3.74. The van der Waals surface area contributed by atoms with Crippen molar-refractivity contribution in [1.82, 2.24) is 0 Å². The van der Waals surface area contributed by atoms with Gasteiger partial charge >= 0.3 is 0 Å². The Labute approximate surface area is 91.9 Å². The summed E-state index contributed by atoms with van der Waals surface area (Å²) in [5.74, 6) is 0. The van der Waals surface area contributed by atoms with Crippen molar-refractivity contribution in [3.63, 3.8) is 0 Å². The first-order valence-electron chi connectivity index (χ1n) is 5.42. The molecule has 2 heteroatoms. The maximum Gasteiger partial charge on any atom is 0.0992 e. The van der Waals surface area contributed by atoms with Gasteiger partial charge in [-0.1, -0.05) is 19.9 Å². The van der Waals surface area contributed by atoms with E-state index in [1.807, 2.05) is 24.3 Å². The molecular formula is C13H18N2.